The van der Waals surface area contributed by atoms with E-state index in [0.717, 1.165) is 25.5 Å². The average molecular weight is 352 g/mol. The second-order valence-corrected chi connectivity index (χ2v) is 6.37. The van der Waals surface area contributed by atoms with Gasteiger partial charge in [-0.1, -0.05) is 50.5 Å². The molecular formula is C20H32O5. The summed E-state index contributed by atoms with van der Waals surface area (Å²) in [7, 11) is 0. The van der Waals surface area contributed by atoms with Gasteiger partial charge >= 0.3 is 5.97 Å². The number of carboxylic acids is 1. The van der Waals surface area contributed by atoms with Crippen molar-refractivity contribution in [2.75, 3.05) is 0 Å². The summed E-state index contributed by atoms with van der Waals surface area (Å²) < 4.78 is 0. The van der Waals surface area contributed by atoms with Crippen LogP contribution in [0.4, 0.5) is 0 Å². The van der Waals surface area contributed by atoms with Crippen LogP contribution in [-0.4, -0.2) is 34.4 Å². The van der Waals surface area contributed by atoms with Crippen molar-refractivity contribution < 1.29 is 24.6 Å². The summed E-state index contributed by atoms with van der Waals surface area (Å²) in [4.78, 5) is 33.5. The van der Waals surface area contributed by atoms with E-state index in [1.807, 2.05) is 6.08 Å². The van der Waals surface area contributed by atoms with Gasteiger partial charge in [0.25, 0.3) is 0 Å². The van der Waals surface area contributed by atoms with E-state index in [1.165, 1.54) is 6.92 Å². The third-order valence-corrected chi connectivity index (χ3v) is 4.12. The number of hydrogen-bond acceptors (Lipinski definition) is 4. The number of allylic oxidation sites excluding steroid dienone is 2. The fraction of sp³-hybridized carbons (Fsp3) is 0.650. The number of aliphatic hydroxyl groups excluding tert-OH is 1. The Bertz CT molecular complexity index is 453. The van der Waals surface area contributed by atoms with Gasteiger partial charge in [0.2, 0.25) is 0 Å². The van der Waals surface area contributed by atoms with Crippen molar-refractivity contribution in [2.45, 2.75) is 71.3 Å². The van der Waals surface area contributed by atoms with E-state index in [-0.39, 0.29) is 18.1 Å². The van der Waals surface area contributed by atoms with Crippen LogP contribution in [0, 0.1) is 11.8 Å². The molecule has 0 unspecified atom stereocenters. The maximum Gasteiger partial charge on any atom is 0.303 e. The summed E-state index contributed by atoms with van der Waals surface area (Å²) in [5, 5.41) is 18.5. The molecule has 142 valence electrons. The number of carboxylic acid groups (broad SMARTS) is 1. The molecule has 0 aromatic rings. The zero-order chi connectivity index (χ0) is 19.1. The molecule has 5 nitrogen and oxygen atoms in total. The molecule has 25 heavy (non-hydrogen) atoms. The smallest absolute Gasteiger partial charge is 0.303 e. The quantitative estimate of drug-likeness (QED) is 0.266. The number of Topliss-reactive ketones (excluding diaryl/α,β-unsaturated/α-hetero) is 1. The van der Waals surface area contributed by atoms with Gasteiger partial charge in [-0.25, -0.2) is 0 Å². The largest absolute Gasteiger partial charge is 0.481 e. The molecule has 0 fully saturated rings. The maximum atomic E-state index is 11.8. The standard InChI is InChI=1S/C20H32O5/c1-3-4-7-11-19(16(2)22)17(15-21)13-14-18(23)10-8-5-6-9-12-20(24)25/h5,8,13-15,17-19,23H,3-4,6-7,9-12H2,1-2H3,(H,24,25)/b8-5-,14-13+/t17-,18-,19+/m0/s1. The highest BCUT2D eigenvalue weighted by molar-refractivity contribution is 5.82. The van der Waals surface area contributed by atoms with Crippen LogP contribution in [-0.2, 0) is 14.4 Å². The molecule has 0 radical (unpaired) electrons. The first-order chi connectivity index (χ1) is 11.9. The zero-order valence-electron chi connectivity index (χ0n) is 15.4. The van der Waals surface area contributed by atoms with Crippen molar-refractivity contribution >= 4 is 18.0 Å². The third kappa shape index (κ3) is 12.3. The van der Waals surface area contributed by atoms with Crippen molar-refractivity contribution in [3.05, 3.63) is 24.3 Å². The average Bonchev–Trinajstić information content (AvgIpc) is 2.56. The first-order valence-corrected chi connectivity index (χ1v) is 9.11. The highest BCUT2D eigenvalue weighted by Gasteiger charge is 2.22. The number of hydrogen-bond donors (Lipinski definition) is 2. The van der Waals surface area contributed by atoms with Gasteiger partial charge in [0.05, 0.1) is 6.10 Å². The van der Waals surface area contributed by atoms with Gasteiger partial charge in [0.1, 0.15) is 12.1 Å². The van der Waals surface area contributed by atoms with Crippen molar-refractivity contribution in [3.8, 4) is 0 Å². The molecule has 3 atom stereocenters. The van der Waals surface area contributed by atoms with E-state index >= 15 is 0 Å². The number of aliphatic hydroxyl groups is 1. The van der Waals surface area contributed by atoms with Gasteiger partial charge in [-0.05, 0) is 32.6 Å². The Morgan fingerprint density at radius 1 is 1.08 bits per heavy atom. The molecule has 0 aliphatic rings. The van der Waals surface area contributed by atoms with Gasteiger partial charge in [-0.3, -0.25) is 9.59 Å². The van der Waals surface area contributed by atoms with Crippen LogP contribution < -0.4 is 0 Å². The monoisotopic (exact) mass is 352 g/mol. The van der Waals surface area contributed by atoms with E-state index in [2.05, 4.69) is 6.92 Å². The van der Waals surface area contributed by atoms with Gasteiger partial charge < -0.3 is 15.0 Å². The molecule has 0 saturated heterocycles. The van der Waals surface area contributed by atoms with Crippen LogP contribution in [0.3, 0.4) is 0 Å². The Kier molecular flexibility index (Phi) is 13.6. The number of aliphatic carboxylic acids is 1. The molecule has 5 heteroatoms. The van der Waals surface area contributed by atoms with Crippen LogP contribution >= 0.6 is 0 Å². The Morgan fingerprint density at radius 2 is 1.80 bits per heavy atom. The van der Waals surface area contributed by atoms with Crippen LogP contribution in [0.2, 0.25) is 0 Å². The summed E-state index contributed by atoms with van der Waals surface area (Å²) in [6, 6.07) is 0. The van der Waals surface area contributed by atoms with Gasteiger partial charge in [0.15, 0.2) is 0 Å². The molecule has 0 aromatic carbocycles. The lowest BCUT2D eigenvalue weighted by Gasteiger charge is -2.17. The molecule has 0 aliphatic heterocycles. The second-order valence-electron chi connectivity index (χ2n) is 6.37. The van der Waals surface area contributed by atoms with Gasteiger partial charge in [0, 0.05) is 18.3 Å². The van der Waals surface area contributed by atoms with Crippen LogP contribution in [0.1, 0.15) is 65.2 Å². The minimum Gasteiger partial charge on any atom is -0.481 e. The van der Waals surface area contributed by atoms with Crippen molar-refractivity contribution in [3.63, 3.8) is 0 Å². The van der Waals surface area contributed by atoms with Gasteiger partial charge in [-0.15, -0.1) is 0 Å². The number of carbonyl (C=O) groups is 3. The minimum atomic E-state index is -0.810. The van der Waals surface area contributed by atoms with E-state index < -0.39 is 18.0 Å². The molecule has 0 bridgehead atoms. The predicted molar refractivity (Wildman–Crippen MR) is 98.3 cm³/mol. The highest BCUT2D eigenvalue weighted by atomic mass is 16.4. The Balaban J connectivity index is 4.40. The SMILES string of the molecule is CCCCC[C@H](C(C)=O)[C@H](C=O)/C=C/[C@@H](O)C/C=C\CCCC(=O)O. The highest BCUT2D eigenvalue weighted by Crippen LogP contribution is 2.21. The number of rotatable bonds is 15. The van der Waals surface area contributed by atoms with E-state index in [9.17, 15) is 19.5 Å². The van der Waals surface area contributed by atoms with Crippen LogP contribution in [0.15, 0.2) is 24.3 Å². The normalized spacial score (nSPS) is 15.3. The molecule has 0 saturated carbocycles. The Morgan fingerprint density at radius 3 is 2.36 bits per heavy atom. The second kappa shape index (κ2) is 14.6. The van der Waals surface area contributed by atoms with Crippen molar-refractivity contribution in [1.29, 1.82) is 0 Å². The van der Waals surface area contributed by atoms with Crippen molar-refractivity contribution in [2.24, 2.45) is 11.8 Å². The number of unbranched alkanes of at least 4 members (excludes halogenated alkanes) is 3. The maximum absolute atomic E-state index is 11.8. The fourth-order valence-corrected chi connectivity index (χ4v) is 2.62. The Labute approximate surface area is 150 Å². The van der Waals surface area contributed by atoms with Gasteiger partial charge in [-0.2, -0.15) is 0 Å². The number of aldehydes is 1. The fourth-order valence-electron chi connectivity index (χ4n) is 2.62. The molecule has 0 aromatic heterocycles. The lowest BCUT2D eigenvalue weighted by atomic mass is 9.85. The summed E-state index contributed by atoms with van der Waals surface area (Å²) >= 11 is 0. The molecule has 0 heterocycles. The third-order valence-electron chi connectivity index (χ3n) is 4.12. The van der Waals surface area contributed by atoms with E-state index in [4.69, 9.17) is 5.11 Å². The lowest BCUT2D eigenvalue weighted by Crippen LogP contribution is -2.22. The number of carbonyl (C=O) groups excluding carboxylic acids is 2. The number of ketones is 1. The summed E-state index contributed by atoms with van der Waals surface area (Å²) in [5.41, 5.74) is 0. The molecule has 0 rings (SSSR count). The molecule has 2 N–H and O–H groups in total. The van der Waals surface area contributed by atoms with E-state index in [1.54, 1.807) is 18.2 Å². The molecule has 0 amide bonds. The van der Waals surface area contributed by atoms with Crippen LogP contribution in [0.5, 0.6) is 0 Å². The molecular weight excluding hydrogens is 320 g/mol. The van der Waals surface area contributed by atoms with Crippen molar-refractivity contribution in [1.82, 2.24) is 0 Å². The summed E-state index contributed by atoms with van der Waals surface area (Å²) in [6.45, 7) is 3.60. The molecule has 0 aliphatic carbocycles. The summed E-state index contributed by atoms with van der Waals surface area (Å²) in [6.07, 6.45) is 12.4. The predicted octanol–water partition coefficient (Wildman–Crippen LogP) is 3.71. The molecule has 0 spiro atoms. The Hall–Kier alpha value is -1.75. The van der Waals surface area contributed by atoms with E-state index in [0.29, 0.717) is 25.7 Å². The first kappa shape index (κ1) is 23.2. The lowest BCUT2D eigenvalue weighted by molar-refractivity contribution is -0.137. The topological polar surface area (TPSA) is 91.7 Å². The minimum absolute atomic E-state index is 0.00525. The zero-order valence-corrected chi connectivity index (χ0v) is 15.4. The van der Waals surface area contributed by atoms with Crippen LogP contribution in [0.25, 0.3) is 0 Å². The summed E-state index contributed by atoms with van der Waals surface area (Å²) in [5.74, 6) is -1.62. The first-order valence-electron chi connectivity index (χ1n) is 9.11.